The maximum absolute atomic E-state index is 13.1. The lowest BCUT2D eigenvalue weighted by atomic mass is 9.85. The predicted octanol–water partition coefficient (Wildman–Crippen LogP) is 2.61. The van der Waals surface area contributed by atoms with E-state index in [4.69, 9.17) is 10.7 Å². The summed E-state index contributed by atoms with van der Waals surface area (Å²) in [6.07, 6.45) is 9.94. The van der Waals surface area contributed by atoms with Crippen molar-refractivity contribution in [3.8, 4) is 11.1 Å². The number of aryl methyl sites for hydroxylation is 1. The Morgan fingerprint density at radius 2 is 1.92 bits per heavy atom. The van der Waals surface area contributed by atoms with E-state index in [1.54, 1.807) is 12.4 Å². The normalized spacial score (nSPS) is 24.2. The van der Waals surface area contributed by atoms with Crippen molar-refractivity contribution in [3.05, 3.63) is 53.1 Å². The molecule has 2 unspecified atom stereocenters. The minimum atomic E-state index is -0.539. The van der Waals surface area contributed by atoms with Gasteiger partial charge in [-0.3, -0.25) is 14.6 Å². The van der Waals surface area contributed by atoms with Crippen LogP contribution < -0.4 is 5.73 Å². The van der Waals surface area contributed by atoms with E-state index in [9.17, 15) is 14.7 Å². The lowest BCUT2D eigenvalue weighted by Crippen LogP contribution is -2.46. The zero-order valence-electron chi connectivity index (χ0n) is 21.5. The Kier molecular flexibility index (Phi) is 5.48. The number of amides is 1. The number of carbonyl (C=O) groups excluding carboxylic acids is 2. The van der Waals surface area contributed by atoms with E-state index in [1.165, 1.54) is 17.8 Å². The number of pyridine rings is 1. The van der Waals surface area contributed by atoms with Gasteiger partial charge in [0.1, 0.15) is 12.1 Å². The van der Waals surface area contributed by atoms with Crippen molar-refractivity contribution >= 4 is 23.2 Å². The number of carbonyl (C=O) groups is 2. The number of fused-ring (bicyclic) bond motifs is 4. The molecule has 0 aromatic carbocycles. The molecule has 12 nitrogen and oxygen atoms in total. The first-order valence-corrected chi connectivity index (χ1v) is 13.4. The topological polar surface area (TPSA) is 168 Å². The number of nitrogen functional groups attached to an aromatic ring is 1. The second-order valence-corrected chi connectivity index (χ2v) is 10.9. The minimum Gasteiger partial charge on any atom is -0.387 e. The number of nitrogens with one attached hydrogen (secondary N) is 1. The summed E-state index contributed by atoms with van der Waals surface area (Å²) in [6, 6.07) is 2.09. The van der Waals surface area contributed by atoms with Crippen molar-refractivity contribution in [2.45, 2.75) is 76.0 Å². The molecule has 2 bridgehead atoms. The second-order valence-electron chi connectivity index (χ2n) is 10.9. The van der Waals surface area contributed by atoms with E-state index in [1.807, 2.05) is 11.0 Å². The maximum atomic E-state index is 13.1. The molecule has 0 radical (unpaired) electrons. The number of aliphatic hydroxyl groups is 1. The molecule has 0 saturated carbocycles. The minimum absolute atomic E-state index is 0.0195. The number of anilines is 1. The predicted molar refractivity (Wildman–Crippen MR) is 140 cm³/mol. The number of piperidine rings is 1. The zero-order chi connectivity index (χ0) is 26.8. The Bertz CT molecular complexity index is 1600. The monoisotopic (exact) mass is 527 g/mol. The third kappa shape index (κ3) is 3.73. The third-order valence-corrected chi connectivity index (χ3v) is 8.59. The first-order valence-electron chi connectivity index (χ1n) is 13.4. The molecule has 4 aromatic heterocycles. The summed E-state index contributed by atoms with van der Waals surface area (Å²) >= 11 is 0. The molecule has 1 amide bonds. The Hall–Kier alpha value is -4.19. The van der Waals surface area contributed by atoms with Crippen molar-refractivity contribution in [3.63, 3.8) is 0 Å². The molecular weight excluding hydrogens is 498 g/mol. The van der Waals surface area contributed by atoms with Gasteiger partial charge >= 0.3 is 0 Å². The van der Waals surface area contributed by atoms with Crippen LogP contribution in [-0.2, 0) is 6.42 Å². The van der Waals surface area contributed by atoms with Crippen molar-refractivity contribution < 1.29 is 14.7 Å². The van der Waals surface area contributed by atoms with Crippen LogP contribution in [0.25, 0.3) is 16.8 Å². The standard InChI is InChI=1S/C27H29N9O3/c1-13(37)21-23(15-8-17-5-6-18(9-15)35(17)27(39)25-30-12-31-34-25)33-26-19(11-32-36(26)24(21)28)16-7-14-3-2-4-20(38)22(14)29-10-16/h7,10-12,15,17-18,20,38H,2-6,8-9,28H2,1H3,(H,30,31,34)/t15-,17-,18?,20?/m0/s1. The fraction of sp³-hybridized carbons (Fsp3) is 0.444. The van der Waals surface area contributed by atoms with Crippen LogP contribution in [0.2, 0.25) is 0 Å². The van der Waals surface area contributed by atoms with Gasteiger partial charge in [-0.05, 0) is 63.5 Å². The van der Waals surface area contributed by atoms with Gasteiger partial charge in [0.05, 0.1) is 29.3 Å². The SMILES string of the molecule is CC(=O)c1c([C@@H]2CC3CC[C@@H](C2)N3C(=O)c2nnc[nH]2)nc2c(-c3cnc4c(c3)CCCC4O)cnn2c1N. The number of Topliss-reactive ketones (excluding diaryl/α,β-unsaturated/α-hetero) is 1. The molecule has 4 atom stereocenters. The van der Waals surface area contributed by atoms with E-state index >= 15 is 0 Å². The summed E-state index contributed by atoms with van der Waals surface area (Å²) in [7, 11) is 0. The van der Waals surface area contributed by atoms with Crippen molar-refractivity contribution in [1.82, 2.24) is 39.7 Å². The van der Waals surface area contributed by atoms with E-state index < -0.39 is 6.10 Å². The van der Waals surface area contributed by atoms with Gasteiger partial charge in [-0.1, -0.05) is 0 Å². The third-order valence-electron chi connectivity index (χ3n) is 8.59. The molecule has 6 heterocycles. The highest BCUT2D eigenvalue weighted by molar-refractivity contribution is 6.00. The summed E-state index contributed by atoms with van der Waals surface area (Å²) in [4.78, 5) is 40.4. The van der Waals surface area contributed by atoms with Crippen molar-refractivity contribution in [2.24, 2.45) is 0 Å². The number of aliphatic hydroxyl groups excluding tert-OH is 1. The van der Waals surface area contributed by atoms with Crippen LogP contribution in [-0.4, -0.2) is 68.5 Å². The number of H-pyrrole nitrogens is 1. The fourth-order valence-corrected chi connectivity index (χ4v) is 6.85. The Morgan fingerprint density at radius 3 is 2.64 bits per heavy atom. The van der Waals surface area contributed by atoms with Crippen LogP contribution in [0.4, 0.5) is 5.82 Å². The number of nitrogens with two attached hydrogens (primary N) is 1. The van der Waals surface area contributed by atoms with Gasteiger partial charge < -0.3 is 20.7 Å². The molecule has 4 N–H and O–H groups in total. The van der Waals surface area contributed by atoms with Gasteiger partial charge in [0.25, 0.3) is 5.91 Å². The van der Waals surface area contributed by atoms with E-state index in [0.29, 0.717) is 29.7 Å². The summed E-state index contributed by atoms with van der Waals surface area (Å²) in [6.45, 7) is 1.50. The maximum Gasteiger partial charge on any atom is 0.292 e. The van der Waals surface area contributed by atoms with Crippen molar-refractivity contribution in [2.75, 3.05) is 5.73 Å². The summed E-state index contributed by atoms with van der Waals surface area (Å²) < 4.78 is 1.53. The van der Waals surface area contributed by atoms with Crippen molar-refractivity contribution in [1.29, 1.82) is 0 Å². The van der Waals surface area contributed by atoms with E-state index in [2.05, 4.69) is 25.3 Å². The van der Waals surface area contributed by atoms with Crippen LogP contribution in [0.1, 0.15) is 95.4 Å². The van der Waals surface area contributed by atoms with Gasteiger partial charge in [-0.25, -0.2) is 4.98 Å². The first-order chi connectivity index (χ1) is 18.9. The van der Waals surface area contributed by atoms with Gasteiger partial charge in [-0.15, -0.1) is 10.2 Å². The summed E-state index contributed by atoms with van der Waals surface area (Å²) in [5, 5.41) is 22.5. The highest BCUT2D eigenvalue weighted by atomic mass is 16.3. The van der Waals surface area contributed by atoms with Gasteiger partial charge in [0.2, 0.25) is 5.82 Å². The second kappa shape index (κ2) is 8.94. The van der Waals surface area contributed by atoms with Gasteiger partial charge in [0, 0.05) is 35.3 Å². The van der Waals surface area contributed by atoms with E-state index in [-0.39, 0.29) is 41.3 Å². The summed E-state index contributed by atoms with van der Waals surface area (Å²) in [5.41, 5.74) is 11.6. The Balaban J connectivity index is 1.29. The number of nitrogens with zero attached hydrogens (tertiary/aromatic N) is 7. The van der Waals surface area contributed by atoms with Crippen LogP contribution in [0.15, 0.2) is 24.8 Å². The molecule has 12 heteroatoms. The zero-order valence-corrected chi connectivity index (χ0v) is 21.5. The van der Waals surface area contributed by atoms with Crippen LogP contribution in [0.5, 0.6) is 0 Å². The van der Waals surface area contributed by atoms with Crippen LogP contribution in [0, 0.1) is 0 Å². The van der Waals surface area contributed by atoms with Gasteiger partial charge in [-0.2, -0.15) is 9.61 Å². The smallest absolute Gasteiger partial charge is 0.292 e. The van der Waals surface area contributed by atoms with Crippen LogP contribution >= 0.6 is 0 Å². The lowest BCUT2D eigenvalue weighted by Gasteiger charge is -2.38. The molecule has 3 aliphatic rings. The molecule has 39 heavy (non-hydrogen) atoms. The molecule has 2 saturated heterocycles. The molecule has 1 aliphatic carbocycles. The average molecular weight is 528 g/mol. The van der Waals surface area contributed by atoms with E-state index in [0.717, 1.165) is 54.5 Å². The summed E-state index contributed by atoms with van der Waals surface area (Å²) in [5.74, 6) is 0.172. The number of ketones is 1. The number of hydrogen-bond acceptors (Lipinski definition) is 9. The number of aromatic nitrogens is 7. The van der Waals surface area contributed by atoms with Gasteiger partial charge in [0.15, 0.2) is 11.4 Å². The molecule has 0 spiro atoms. The quantitative estimate of drug-likeness (QED) is 0.338. The van der Waals surface area contributed by atoms with Crippen LogP contribution in [0.3, 0.4) is 0 Å². The molecule has 7 rings (SSSR count). The average Bonchev–Trinajstić information content (AvgIpc) is 3.66. The number of rotatable bonds is 4. The highest BCUT2D eigenvalue weighted by Gasteiger charge is 2.45. The highest BCUT2D eigenvalue weighted by Crippen LogP contribution is 2.45. The molecule has 2 aliphatic heterocycles. The largest absolute Gasteiger partial charge is 0.387 e. The molecular formula is C27H29N9O3. The fourth-order valence-electron chi connectivity index (χ4n) is 6.85. The number of aromatic amines is 1. The molecule has 2 fully saturated rings. The molecule has 4 aromatic rings. The molecule has 200 valence electrons. The lowest BCUT2D eigenvalue weighted by molar-refractivity contribution is 0.0556. The Labute approximate surface area is 223 Å². The number of hydrogen-bond donors (Lipinski definition) is 3. The Morgan fingerprint density at radius 1 is 1.13 bits per heavy atom. The first kappa shape index (κ1) is 23.9.